The number of rotatable bonds is 3. The van der Waals surface area contributed by atoms with Crippen LogP contribution in [0.3, 0.4) is 0 Å². The van der Waals surface area contributed by atoms with Gasteiger partial charge in [-0.15, -0.1) is 24.0 Å². The van der Waals surface area contributed by atoms with Gasteiger partial charge in [0.15, 0.2) is 5.96 Å². The molecule has 2 rings (SSSR count). The first kappa shape index (κ1) is 16.8. The fourth-order valence-corrected chi connectivity index (χ4v) is 2.42. The van der Waals surface area contributed by atoms with Crippen LogP contribution in [-0.4, -0.2) is 30.7 Å². The maximum atomic E-state index is 10.1. The zero-order chi connectivity index (χ0) is 13.0. The van der Waals surface area contributed by atoms with E-state index in [0.717, 1.165) is 19.5 Å². The second-order valence-electron chi connectivity index (χ2n) is 4.04. The Kier molecular flexibility index (Phi) is 7.20. The Labute approximate surface area is 139 Å². The average molecular weight is 416 g/mol. The predicted octanol–water partition coefficient (Wildman–Crippen LogP) is 2.58. The van der Waals surface area contributed by atoms with Crippen molar-refractivity contribution in [2.45, 2.75) is 12.5 Å². The third kappa shape index (κ3) is 4.66. The number of hydrogen-bond acceptors (Lipinski definition) is 4. The Morgan fingerprint density at radius 3 is 2.63 bits per heavy atom. The molecule has 19 heavy (non-hydrogen) atoms. The Morgan fingerprint density at radius 2 is 2.05 bits per heavy atom. The molecule has 0 fully saturated rings. The minimum Gasteiger partial charge on any atom is -0.386 e. The topological polar surface area (TPSA) is 56.6 Å². The van der Waals surface area contributed by atoms with Gasteiger partial charge >= 0.3 is 0 Å². The lowest BCUT2D eigenvalue weighted by molar-refractivity contribution is 0.181. The van der Waals surface area contributed by atoms with Crippen molar-refractivity contribution in [3.63, 3.8) is 0 Å². The number of aliphatic hydroxyl groups excluding tert-OH is 1. The third-order valence-corrected chi connectivity index (χ3v) is 3.35. The van der Waals surface area contributed by atoms with E-state index in [2.05, 4.69) is 15.6 Å². The SMILES string of the molecule is I.OC(CNC1=NCCCN1)c1c(Cl)cccc1Cl. The third-order valence-electron chi connectivity index (χ3n) is 2.69. The van der Waals surface area contributed by atoms with E-state index in [1.165, 1.54) is 0 Å². The van der Waals surface area contributed by atoms with Crippen LogP contribution in [0.15, 0.2) is 23.2 Å². The number of nitrogens with zero attached hydrogens (tertiary/aromatic N) is 1. The molecule has 1 aromatic rings. The zero-order valence-corrected chi connectivity index (χ0v) is 14.0. The standard InChI is InChI=1S/C12H15Cl2N3O.HI/c13-8-3-1-4-9(14)11(8)10(18)7-17-12-15-5-2-6-16-12;/h1,3-4,10,18H,2,5-7H2,(H2,15,16,17);1H. The number of nitrogens with one attached hydrogen (secondary N) is 2. The Morgan fingerprint density at radius 1 is 1.37 bits per heavy atom. The van der Waals surface area contributed by atoms with E-state index in [1.807, 2.05) is 0 Å². The molecule has 1 aliphatic rings. The molecule has 7 heteroatoms. The predicted molar refractivity (Wildman–Crippen MR) is 89.8 cm³/mol. The molecular weight excluding hydrogens is 400 g/mol. The summed E-state index contributed by atoms with van der Waals surface area (Å²) in [5, 5.41) is 17.2. The quantitative estimate of drug-likeness (QED) is 0.665. The van der Waals surface area contributed by atoms with Crippen molar-refractivity contribution >= 4 is 53.1 Å². The minimum absolute atomic E-state index is 0. The van der Waals surface area contributed by atoms with Crippen LogP contribution in [-0.2, 0) is 0 Å². The summed E-state index contributed by atoms with van der Waals surface area (Å²) in [6.07, 6.45) is 0.266. The van der Waals surface area contributed by atoms with Crippen LogP contribution in [0.2, 0.25) is 10.0 Å². The van der Waals surface area contributed by atoms with Gasteiger partial charge in [-0.3, -0.25) is 4.99 Å². The summed E-state index contributed by atoms with van der Waals surface area (Å²) in [6, 6.07) is 5.17. The van der Waals surface area contributed by atoms with Crippen LogP contribution in [0.25, 0.3) is 0 Å². The highest BCUT2D eigenvalue weighted by molar-refractivity contribution is 14.0. The first-order valence-corrected chi connectivity index (χ1v) is 6.58. The molecule has 0 radical (unpaired) electrons. The molecule has 1 heterocycles. The number of guanidine groups is 1. The van der Waals surface area contributed by atoms with Crippen LogP contribution >= 0.6 is 47.2 Å². The van der Waals surface area contributed by atoms with Gasteiger partial charge in [0, 0.05) is 35.2 Å². The van der Waals surface area contributed by atoms with Crippen molar-refractivity contribution in [2.24, 2.45) is 4.99 Å². The lowest BCUT2D eigenvalue weighted by Crippen LogP contribution is -2.42. The Hall–Kier alpha value is -0.240. The molecule has 0 aromatic heterocycles. The summed E-state index contributed by atoms with van der Waals surface area (Å²) in [7, 11) is 0. The smallest absolute Gasteiger partial charge is 0.191 e. The van der Waals surface area contributed by atoms with E-state index >= 15 is 0 Å². The molecule has 1 aromatic carbocycles. The highest BCUT2D eigenvalue weighted by atomic mass is 127. The van der Waals surface area contributed by atoms with E-state index in [1.54, 1.807) is 18.2 Å². The van der Waals surface area contributed by atoms with Gasteiger partial charge in [0.05, 0.1) is 6.10 Å². The minimum atomic E-state index is -0.766. The van der Waals surface area contributed by atoms with Gasteiger partial charge in [0.25, 0.3) is 0 Å². The largest absolute Gasteiger partial charge is 0.386 e. The number of benzene rings is 1. The summed E-state index contributed by atoms with van der Waals surface area (Å²) < 4.78 is 0. The molecule has 0 saturated carbocycles. The first-order chi connectivity index (χ1) is 8.68. The van der Waals surface area contributed by atoms with Crippen LogP contribution in [0, 0.1) is 0 Å². The number of hydrogen-bond donors (Lipinski definition) is 3. The van der Waals surface area contributed by atoms with Gasteiger partial charge < -0.3 is 15.7 Å². The summed E-state index contributed by atoms with van der Waals surface area (Å²) in [5.41, 5.74) is 0.546. The van der Waals surface area contributed by atoms with Gasteiger partial charge in [-0.25, -0.2) is 0 Å². The molecular formula is C12H16Cl2IN3O. The van der Waals surface area contributed by atoms with Gasteiger partial charge in [0.2, 0.25) is 0 Å². The van der Waals surface area contributed by atoms with Gasteiger partial charge in [-0.2, -0.15) is 0 Å². The van der Waals surface area contributed by atoms with Crippen molar-refractivity contribution in [2.75, 3.05) is 19.6 Å². The van der Waals surface area contributed by atoms with E-state index in [-0.39, 0.29) is 24.0 Å². The van der Waals surface area contributed by atoms with Crippen molar-refractivity contribution in [1.29, 1.82) is 0 Å². The van der Waals surface area contributed by atoms with Crippen molar-refractivity contribution < 1.29 is 5.11 Å². The van der Waals surface area contributed by atoms with Gasteiger partial charge in [-0.05, 0) is 18.6 Å². The molecule has 0 aliphatic carbocycles. The summed E-state index contributed by atoms with van der Waals surface area (Å²) >= 11 is 12.1. The molecule has 1 aliphatic heterocycles. The maximum Gasteiger partial charge on any atom is 0.191 e. The molecule has 4 nitrogen and oxygen atoms in total. The average Bonchev–Trinajstić information content (AvgIpc) is 2.37. The molecule has 3 N–H and O–H groups in total. The zero-order valence-electron chi connectivity index (χ0n) is 10.2. The van der Waals surface area contributed by atoms with E-state index < -0.39 is 6.10 Å². The van der Waals surface area contributed by atoms with Crippen LogP contribution in [0.5, 0.6) is 0 Å². The van der Waals surface area contributed by atoms with Crippen molar-refractivity contribution in [3.8, 4) is 0 Å². The lowest BCUT2D eigenvalue weighted by atomic mass is 10.1. The Bertz CT molecular complexity index is 436. The van der Waals surface area contributed by atoms with Crippen LogP contribution in [0.1, 0.15) is 18.1 Å². The van der Waals surface area contributed by atoms with E-state index in [4.69, 9.17) is 23.2 Å². The monoisotopic (exact) mass is 415 g/mol. The maximum absolute atomic E-state index is 10.1. The van der Waals surface area contributed by atoms with Crippen LogP contribution in [0.4, 0.5) is 0 Å². The highest BCUT2D eigenvalue weighted by Gasteiger charge is 2.16. The highest BCUT2D eigenvalue weighted by Crippen LogP contribution is 2.29. The first-order valence-electron chi connectivity index (χ1n) is 5.82. The molecule has 1 unspecified atom stereocenters. The van der Waals surface area contributed by atoms with E-state index in [0.29, 0.717) is 28.1 Å². The molecule has 0 spiro atoms. The Balaban J connectivity index is 0.00000180. The van der Waals surface area contributed by atoms with Crippen molar-refractivity contribution in [3.05, 3.63) is 33.8 Å². The lowest BCUT2D eigenvalue weighted by Gasteiger charge is -2.19. The van der Waals surface area contributed by atoms with E-state index in [9.17, 15) is 5.11 Å². The normalized spacial score (nSPS) is 15.8. The summed E-state index contributed by atoms with van der Waals surface area (Å²) in [4.78, 5) is 4.26. The second-order valence-corrected chi connectivity index (χ2v) is 4.86. The molecule has 0 amide bonds. The number of aliphatic hydroxyl groups is 1. The van der Waals surface area contributed by atoms with Crippen molar-refractivity contribution in [1.82, 2.24) is 10.6 Å². The molecule has 1 atom stereocenters. The fourth-order valence-electron chi connectivity index (χ4n) is 1.78. The van der Waals surface area contributed by atoms with Gasteiger partial charge in [0.1, 0.15) is 0 Å². The summed E-state index contributed by atoms with van der Waals surface area (Å²) in [6.45, 7) is 2.02. The molecule has 0 saturated heterocycles. The second kappa shape index (κ2) is 8.14. The summed E-state index contributed by atoms with van der Waals surface area (Å²) in [5.74, 6) is 0.712. The van der Waals surface area contributed by atoms with Gasteiger partial charge in [-0.1, -0.05) is 29.3 Å². The van der Waals surface area contributed by atoms with Crippen LogP contribution < -0.4 is 10.6 Å². The molecule has 106 valence electrons. The number of halogens is 3. The fraction of sp³-hybridized carbons (Fsp3) is 0.417. The molecule has 0 bridgehead atoms. The number of aliphatic imine (C=N–C) groups is 1.